The van der Waals surface area contributed by atoms with Crippen LogP contribution in [-0.4, -0.2) is 19.4 Å². The molecule has 64 valence electrons. The molecule has 11 heavy (non-hydrogen) atoms. The van der Waals surface area contributed by atoms with Crippen LogP contribution in [0.3, 0.4) is 0 Å². The van der Waals surface area contributed by atoms with Crippen molar-refractivity contribution >= 4 is 51.3 Å². The summed E-state index contributed by atoms with van der Waals surface area (Å²) in [6, 6.07) is 0. The summed E-state index contributed by atoms with van der Waals surface area (Å²) in [4.78, 5) is 10.5. The van der Waals surface area contributed by atoms with Gasteiger partial charge in [-0.05, 0) is 58.2 Å². The molecule has 3 nitrogen and oxygen atoms in total. The Morgan fingerprint density at radius 3 is 2.55 bits per heavy atom. The third-order valence-electron chi connectivity index (χ3n) is 0.701. The van der Waals surface area contributed by atoms with Crippen molar-refractivity contribution in [2.75, 3.05) is 13.2 Å². The molecule has 0 aliphatic carbocycles. The Balaban J connectivity index is 3.39. The lowest BCUT2D eigenvalue weighted by Gasteiger charge is -2.00. The van der Waals surface area contributed by atoms with Gasteiger partial charge in [-0.2, -0.15) is 0 Å². The normalized spacial score (nSPS) is 8.64. The van der Waals surface area contributed by atoms with Crippen LogP contribution in [0.1, 0.15) is 6.92 Å². The molecule has 0 heterocycles. The highest BCUT2D eigenvalue weighted by Crippen LogP contribution is 2.13. The molecule has 0 fully saturated rings. The fourth-order valence-corrected chi connectivity index (χ4v) is 0.692. The third-order valence-corrected chi connectivity index (χ3v) is 1.58. The number of carbonyl (C=O) groups is 1. The Kier molecular flexibility index (Phi) is 7.44. The van der Waals surface area contributed by atoms with Gasteiger partial charge in [0.2, 0.25) is 0 Å². The number of hydrogen-bond donors (Lipinski definition) is 0. The van der Waals surface area contributed by atoms with Crippen molar-refractivity contribution in [3.63, 3.8) is 0 Å². The smallest absolute Gasteiger partial charge is 0.435 e. The van der Waals surface area contributed by atoms with E-state index in [1.807, 2.05) is 0 Å². The first-order valence-corrected chi connectivity index (χ1v) is 5.13. The van der Waals surface area contributed by atoms with E-state index in [0.717, 1.165) is 1.59 Å². The quantitative estimate of drug-likeness (QED) is 0.557. The van der Waals surface area contributed by atoms with Gasteiger partial charge in [0.25, 0.3) is 0 Å². The summed E-state index contributed by atoms with van der Waals surface area (Å²) in [6.07, 6.45) is 1.18. The first-order chi connectivity index (χ1) is 5.16. The van der Waals surface area contributed by atoms with Gasteiger partial charge < -0.3 is 9.47 Å². The summed E-state index contributed by atoms with van der Waals surface area (Å²) in [5.41, 5.74) is 0. The Hall–Kier alpha value is 0.470. The first kappa shape index (κ1) is 11.5. The van der Waals surface area contributed by atoms with Crippen LogP contribution in [0, 0.1) is 0 Å². The molecule has 0 spiro atoms. The Morgan fingerprint density at radius 1 is 1.45 bits per heavy atom. The van der Waals surface area contributed by atoms with E-state index >= 15 is 0 Å². The second kappa shape index (κ2) is 7.14. The molecule has 0 aliphatic heterocycles. The molecule has 0 aliphatic rings. The molecule has 5 heteroatoms. The van der Waals surface area contributed by atoms with E-state index in [-0.39, 0.29) is 6.61 Å². The maximum atomic E-state index is 10.5. The van der Waals surface area contributed by atoms with Crippen LogP contribution in [0.2, 0.25) is 0 Å². The number of halogens is 2. The predicted molar refractivity (Wildman–Crippen MR) is 59.1 cm³/mol. The van der Waals surface area contributed by atoms with Crippen molar-refractivity contribution in [1.29, 1.82) is 0 Å². The van der Waals surface area contributed by atoms with E-state index in [1.165, 1.54) is 0 Å². The van der Waals surface area contributed by atoms with Gasteiger partial charge in [-0.1, -0.05) is 0 Å². The number of hydrogen-bond acceptors (Lipinski definition) is 3. The molecular formula is C6H8I2O3. The molecule has 0 bridgehead atoms. The minimum Gasteiger partial charge on any atom is -0.435 e. The maximum Gasteiger partial charge on any atom is 0.508 e. The number of carbonyl (C=O) groups excluding carboxylic acids is 1. The van der Waals surface area contributed by atoms with Gasteiger partial charge in [0, 0.05) is 0 Å². The van der Waals surface area contributed by atoms with Crippen LogP contribution in [0.4, 0.5) is 4.79 Å². The second-order valence-electron chi connectivity index (χ2n) is 1.49. The lowest BCUT2D eigenvalue weighted by molar-refractivity contribution is 0.0673. The van der Waals surface area contributed by atoms with Crippen LogP contribution in [-0.2, 0) is 9.47 Å². The SMILES string of the molecule is CCOC(=O)OCC=C(I)I. The lowest BCUT2D eigenvalue weighted by atomic mass is 10.7. The standard InChI is InChI=1S/C6H8I2O3/c1-2-10-6(9)11-4-3-5(7)8/h3H,2,4H2,1H3. The molecule has 0 aromatic rings. The van der Waals surface area contributed by atoms with Crippen LogP contribution in [0.5, 0.6) is 0 Å². The zero-order valence-electron chi connectivity index (χ0n) is 5.97. The summed E-state index contributed by atoms with van der Waals surface area (Å²) >= 11 is 4.25. The molecular weight excluding hydrogens is 374 g/mol. The van der Waals surface area contributed by atoms with Crippen molar-refractivity contribution in [1.82, 2.24) is 0 Å². The summed E-state index contributed by atoms with van der Waals surface area (Å²) in [5, 5.41) is 0. The highest BCUT2D eigenvalue weighted by molar-refractivity contribution is 14.2. The average Bonchev–Trinajstić information content (AvgIpc) is 1.87. The molecule has 0 aromatic heterocycles. The average molecular weight is 382 g/mol. The first-order valence-electron chi connectivity index (χ1n) is 2.97. The van der Waals surface area contributed by atoms with Crippen molar-refractivity contribution in [3.05, 3.63) is 7.66 Å². The minimum absolute atomic E-state index is 0.278. The van der Waals surface area contributed by atoms with Crippen molar-refractivity contribution < 1.29 is 14.3 Å². The van der Waals surface area contributed by atoms with E-state index in [9.17, 15) is 4.79 Å². The summed E-state index contributed by atoms with van der Waals surface area (Å²) in [5.74, 6) is 0. The van der Waals surface area contributed by atoms with Crippen LogP contribution in [0.15, 0.2) is 7.66 Å². The van der Waals surface area contributed by atoms with Gasteiger partial charge in [-0.25, -0.2) is 4.79 Å². The van der Waals surface area contributed by atoms with Crippen LogP contribution < -0.4 is 0 Å². The summed E-state index contributed by atoms with van der Waals surface area (Å²) in [7, 11) is 0. The highest BCUT2D eigenvalue weighted by Gasteiger charge is 1.98. The topological polar surface area (TPSA) is 35.5 Å². The zero-order chi connectivity index (χ0) is 8.69. The van der Waals surface area contributed by atoms with E-state index in [4.69, 9.17) is 0 Å². The molecule has 0 amide bonds. The van der Waals surface area contributed by atoms with Crippen LogP contribution in [0.25, 0.3) is 0 Å². The van der Waals surface area contributed by atoms with E-state index in [2.05, 4.69) is 54.7 Å². The highest BCUT2D eigenvalue weighted by atomic mass is 127. The third kappa shape index (κ3) is 8.38. The van der Waals surface area contributed by atoms with Gasteiger partial charge in [0.05, 0.1) is 8.19 Å². The van der Waals surface area contributed by atoms with Crippen molar-refractivity contribution in [3.8, 4) is 0 Å². The van der Waals surface area contributed by atoms with Gasteiger partial charge >= 0.3 is 6.16 Å². The van der Waals surface area contributed by atoms with Gasteiger partial charge in [-0.15, -0.1) is 0 Å². The molecule has 0 saturated heterocycles. The lowest BCUT2D eigenvalue weighted by Crippen LogP contribution is -2.06. The Morgan fingerprint density at radius 2 is 2.09 bits per heavy atom. The predicted octanol–water partition coefficient (Wildman–Crippen LogP) is 2.87. The van der Waals surface area contributed by atoms with E-state index < -0.39 is 6.16 Å². The van der Waals surface area contributed by atoms with Crippen LogP contribution >= 0.6 is 45.2 Å². The fraction of sp³-hybridized carbons (Fsp3) is 0.500. The molecule has 0 saturated carbocycles. The molecule has 0 unspecified atom stereocenters. The van der Waals surface area contributed by atoms with Gasteiger partial charge in [-0.3, -0.25) is 0 Å². The summed E-state index contributed by atoms with van der Waals surface area (Å²) < 4.78 is 10.2. The molecule has 0 atom stereocenters. The van der Waals surface area contributed by atoms with Crippen molar-refractivity contribution in [2.45, 2.75) is 6.92 Å². The van der Waals surface area contributed by atoms with Crippen molar-refractivity contribution in [2.24, 2.45) is 0 Å². The Bertz CT molecular complexity index is 152. The number of rotatable bonds is 3. The fourth-order valence-electron chi connectivity index (χ4n) is 0.332. The molecule has 0 rings (SSSR count). The largest absolute Gasteiger partial charge is 0.508 e. The van der Waals surface area contributed by atoms with Gasteiger partial charge in [0.15, 0.2) is 0 Å². The monoisotopic (exact) mass is 382 g/mol. The molecule has 0 aromatic carbocycles. The molecule has 0 N–H and O–H groups in total. The summed E-state index contributed by atoms with van der Waals surface area (Å²) in [6.45, 7) is 2.36. The Labute approximate surface area is 92.8 Å². The zero-order valence-corrected chi connectivity index (χ0v) is 10.3. The number of ether oxygens (including phenoxy) is 2. The second-order valence-corrected chi connectivity index (χ2v) is 5.88. The van der Waals surface area contributed by atoms with Gasteiger partial charge in [0.1, 0.15) is 6.61 Å². The minimum atomic E-state index is -0.613. The maximum absolute atomic E-state index is 10.5. The van der Waals surface area contributed by atoms with E-state index in [1.54, 1.807) is 13.0 Å². The van der Waals surface area contributed by atoms with E-state index in [0.29, 0.717) is 6.61 Å². The molecule has 0 radical (unpaired) electrons.